The lowest BCUT2D eigenvalue weighted by Crippen LogP contribution is -2.50. The maximum absolute atomic E-state index is 12.7. The van der Waals surface area contributed by atoms with Gasteiger partial charge in [-0.2, -0.15) is 5.10 Å². The van der Waals surface area contributed by atoms with E-state index in [-0.39, 0.29) is 29.9 Å². The molecule has 1 aliphatic carbocycles. The summed E-state index contributed by atoms with van der Waals surface area (Å²) in [6, 6.07) is 9.65. The third-order valence-electron chi connectivity index (χ3n) is 5.08. The first-order valence-electron chi connectivity index (χ1n) is 9.90. The van der Waals surface area contributed by atoms with Crippen molar-refractivity contribution in [1.29, 1.82) is 0 Å². The number of rotatable bonds is 8. The molecule has 0 unspecified atom stereocenters. The number of hydrogen-bond acceptors (Lipinski definition) is 4. The van der Waals surface area contributed by atoms with Gasteiger partial charge in [-0.3, -0.25) is 14.7 Å². The second-order valence-corrected chi connectivity index (χ2v) is 7.19. The van der Waals surface area contributed by atoms with Crippen LogP contribution in [0.1, 0.15) is 48.5 Å². The summed E-state index contributed by atoms with van der Waals surface area (Å²) in [6.45, 7) is 3.22. The largest absolute Gasteiger partial charge is 0.376 e. The Hall–Kier alpha value is -2.67. The highest BCUT2D eigenvalue weighted by atomic mass is 16.5. The lowest BCUT2D eigenvalue weighted by Gasteiger charge is -2.35. The van der Waals surface area contributed by atoms with Crippen LogP contribution in [-0.2, 0) is 16.1 Å². The first kappa shape index (κ1) is 20.1. The predicted octanol–water partition coefficient (Wildman–Crippen LogP) is 2.42. The number of benzene rings is 1. The topological polar surface area (TPSA) is 96.1 Å². The average molecular weight is 384 g/mol. The van der Waals surface area contributed by atoms with Crippen molar-refractivity contribution in [3.05, 3.63) is 53.9 Å². The fraction of sp³-hybridized carbons (Fsp3) is 0.476. The number of aromatic amines is 1. The number of nitrogens with zero attached hydrogens (tertiary/aromatic N) is 1. The van der Waals surface area contributed by atoms with Crippen LogP contribution in [0.5, 0.6) is 0 Å². The van der Waals surface area contributed by atoms with E-state index in [4.69, 9.17) is 4.74 Å². The van der Waals surface area contributed by atoms with Crippen LogP contribution in [0, 0.1) is 5.92 Å². The van der Waals surface area contributed by atoms with Crippen molar-refractivity contribution in [2.75, 3.05) is 6.61 Å². The fourth-order valence-corrected chi connectivity index (χ4v) is 3.56. The second-order valence-electron chi connectivity index (χ2n) is 7.19. The van der Waals surface area contributed by atoms with E-state index >= 15 is 0 Å². The van der Waals surface area contributed by atoms with Gasteiger partial charge in [0.1, 0.15) is 0 Å². The maximum atomic E-state index is 12.7. The highest BCUT2D eigenvalue weighted by molar-refractivity contribution is 5.93. The van der Waals surface area contributed by atoms with E-state index in [0.29, 0.717) is 25.1 Å². The van der Waals surface area contributed by atoms with Crippen LogP contribution in [0.3, 0.4) is 0 Å². The van der Waals surface area contributed by atoms with Gasteiger partial charge in [0.2, 0.25) is 5.91 Å². The molecule has 2 aromatic rings. The van der Waals surface area contributed by atoms with E-state index < -0.39 is 0 Å². The lowest BCUT2D eigenvalue weighted by molar-refractivity contribution is -0.127. The van der Waals surface area contributed by atoms with Gasteiger partial charge in [-0.25, -0.2) is 0 Å². The molecule has 2 amide bonds. The van der Waals surface area contributed by atoms with Crippen LogP contribution in [-0.4, -0.2) is 40.8 Å². The van der Waals surface area contributed by atoms with Crippen LogP contribution < -0.4 is 10.6 Å². The molecule has 0 aliphatic heterocycles. The standard InChI is InChI=1S/C21H28N4O3/c1-2-10-28-19-9-8-16(20(26)22-12-15-6-4-3-5-7-15)11-18(19)25-21(27)17-13-23-24-14-17/h3-7,13-14,16,18-19H,2,8-12H2,1H3,(H,22,26)(H,23,24)(H,25,27)/t16-,18+,19+/m0/s1. The minimum absolute atomic E-state index is 0.0281. The van der Waals surface area contributed by atoms with Crippen LogP contribution >= 0.6 is 0 Å². The Morgan fingerprint density at radius 1 is 1.25 bits per heavy atom. The molecule has 3 atom stereocenters. The zero-order valence-electron chi connectivity index (χ0n) is 16.2. The van der Waals surface area contributed by atoms with Crippen LogP contribution in [0.4, 0.5) is 0 Å². The van der Waals surface area contributed by atoms with Gasteiger partial charge in [-0.1, -0.05) is 37.3 Å². The van der Waals surface area contributed by atoms with Gasteiger partial charge in [-0.15, -0.1) is 0 Å². The van der Waals surface area contributed by atoms with Crippen molar-refractivity contribution in [1.82, 2.24) is 20.8 Å². The monoisotopic (exact) mass is 384 g/mol. The van der Waals surface area contributed by atoms with Crippen molar-refractivity contribution in [3.63, 3.8) is 0 Å². The molecule has 0 bridgehead atoms. The normalized spacial score (nSPS) is 21.8. The summed E-state index contributed by atoms with van der Waals surface area (Å²) in [6.07, 6.45) is 5.97. The summed E-state index contributed by atoms with van der Waals surface area (Å²) in [4.78, 5) is 25.1. The summed E-state index contributed by atoms with van der Waals surface area (Å²) in [5.74, 6) is -0.311. The summed E-state index contributed by atoms with van der Waals surface area (Å²) in [5.41, 5.74) is 1.55. The van der Waals surface area contributed by atoms with E-state index in [1.165, 1.54) is 6.20 Å². The third-order valence-corrected chi connectivity index (χ3v) is 5.08. The molecule has 1 fully saturated rings. The quantitative estimate of drug-likeness (QED) is 0.651. The highest BCUT2D eigenvalue weighted by Gasteiger charge is 2.35. The SMILES string of the molecule is CCCO[C@@H]1CC[C@H](C(=O)NCc2ccccc2)C[C@H]1NC(=O)c1cn[nH]c1. The molecule has 0 saturated heterocycles. The van der Waals surface area contributed by atoms with Crippen molar-refractivity contribution >= 4 is 11.8 Å². The van der Waals surface area contributed by atoms with E-state index in [1.807, 2.05) is 30.3 Å². The van der Waals surface area contributed by atoms with Crippen molar-refractivity contribution in [2.45, 2.75) is 51.3 Å². The van der Waals surface area contributed by atoms with Crippen molar-refractivity contribution in [2.24, 2.45) is 5.92 Å². The molecular formula is C21H28N4O3. The molecule has 7 nitrogen and oxygen atoms in total. The molecule has 1 saturated carbocycles. The van der Waals surface area contributed by atoms with Gasteiger partial charge < -0.3 is 15.4 Å². The predicted molar refractivity (Wildman–Crippen MR) is 106 cm³/mol. The molecule has 1 heterocycles. The number of nitrogens with one attached hydrogen (secondary N) is 3. The first-order valence-corrected chi connectivity index (χ1v) is 9.90. The number of carbonyl (C=O) groups is 2. The molecule has 150 valence electrons. The number of amides is 2. The number of carbonyl (C=O) groups excluding carboxylic acids is 2. The zero-order chi connectivity index (χ0) is 19.8. The Morgan fingerprint density at radius 2 is 2.07 bits per heavy atom. The van der Waals surface area contributed by atoms with Gasteiger partial charge in [0.05, 0.1) is 23.9 Å². The molecule has 3 rings (SSSR count). The lowest BCUT2D eigenvalue weighted by atomic mass is 9.83. The maximum Gasteiger partial charge on any atom is 0.254 e. The molecule has 1 aliphatic rings. The second kappa shape index (κ2) is 10.0. The molecule has 1 aromatic carbocycles. The molecule has 0 spiro atoms. The minimum Gasteiger partial charge on any atom is -0.376 e. The van der Waals surface area contributed by atoms with E-state index in [2.05, 4.69) is 27.8 Å². The third kappa shape index (κ3) is 5.42. The van der Waals surface area contributed by atoms with Crippen LogP contribution in [0.2, 0.25) is 0 Å². The summed E-state index contributed by atoms with van der Waals surface area (Å²) < 4.78 is 5.95. The number of ether oxygens (including phenoxy) is 1. The Balaban J connectivity index is 1.59. The summed E-state index contributed by atoms with van der Waals surface area (Å²) >= 11 is 0. The number of aromatic nitrogens is 2. The van der Waals surface area contributed by atoms with Gasteiger partial charge in [0.25, 0.3) is 5.91 Å². The van der Waals surface area contributed by atoms with Gasteiger partial charge in [0.15, 0.2) is 0 Å². The Labute approximate surface area is 165 Å². The molecule has 3 N–H and O–H groups in total. The Bertz CT molecular complexity index is 748. The van der Waals surface area contributed by atoms with Gasteiger partial charge >= 0.3 is 0 Å². The van der Waals surface area contributed by atoms with E-state index in [1.54, 1.807) is 6.20 Å². The molecular weight excluding hydrogens is 356 g/mol. The van der Waals surface area contributed by atoms with Crippen molar-refractivity contribution < 1.29 is 14.3 Å². The number of H-pyrrole nitrogens is 1. The molecule has 28 heavy (non-hydrogen) atoms. The van der Waals surface area contributed by atoms with E-state index in [9.17, 15) is 9.59 Å². The van der Waals surface area contributed by atoms with Gasteiger partial charge in [0, 0.05) is 25.3 Å². The fourth-order valence-electron chi connectivity index (χ4n) is 3.56. The minimum atomic E-state index is -0.200. The molecule has 7 heteroatoms. The smallest absolute Gasteiger partial charge is 0.254 e. The Morgan fingerprint density at radius 3 is 2.79 bits per heavy atom. The summed E-state index contributed by atoms with van der Waals surface area (Å²) in [5, 5.41) is 12.5. The molecule has 1 aromatic heterocycles. The average Bonchev–Trinajstić information content (AvgIpc) is 3.27. The van der Waals surface area contributed by atoms with Crippen LogP contribution in [0.25, 0.3) is 0 Å². The molecule has 0 radical (unpaired) electrons. The van der Waals surface area contributed by atoms with Crippen molar-refractivity contribution in [3.8, 4) is 0 Å². The number of hydrogen-bond donors (Lipinski definition) is 3. The van der Waals surface area contributed by atoms with Crippen LogP contribution in [0.15, 0.2) is 42.7 Å². The Kier molecular flexibility index (Phi) is 7.19. The van der Waals surface area contributed by atoms with E-state index in [0.717, 1.165) is 24.8 Å². The summed E-state index contributed by atoms with van der Waals surface area (Å²) in [7, 11) is 0. The first-order chi connectivity index (χ1) is 13.7. The highest BCUT2D eigenvalue weighted by Crippen LogP contribution is 2.27. The zero-order valence-corrected chi connectivity index (χ0v) is 16.2. The van der Waals surface area contributed by atoms with Gasteiger partial charge in [-0.05, 0) is 31.2 Å².